The van der Waals surface area contributed by atoms with Gasteiger partial charge in [0.1, 0.15) is 0 Å². The third kappa shape index (κ3) is 4.43. The van der Waals surface area contributed by atoms with Crippen molar-refractivity contribution in [3.8, 4) is 44.6 Å². The molecule has 2 nitrogen and oxygen atoms in total. The Labute approximate surface area is 267 Å². The SMILES string of the molecule is c1ccc2c(-c3ccc4nc(-c5cccc6ccccc56)cc(-c5ccc(-c6cccc7cccnc67)cc5)c4c3)cccc2c1. The minimum atomic E-state index is 0.972. The number of hydrogen-bond acceptors (Lipinski definition) is 2. The van der Waals surface area contributed by atoms with Gasteiger partial charge in [-0.05, 0) is 73.6 Å². The number of nitrogens with zero attached hydrogens (tertiary/aromatic N) is 2. The maximum absolute atomic E-state index is 5.27. The standard InChI is InChI=1S/C44H28N2/c1-3-15-35-29(9-1)11-5-17-37(35)34-24-25-42-41(27-34)40(28-43(46-42)39-19-6-12-30-10-2-4-16-36(30)39)32-22-20-31(21-23-32)38-18-7-13-33-14-8-26-45-44(33)38/h1-28H. The summed E-state index contributed by atoms with van der Waals surface area (Å²) < 4.78 is 0. The van der Waals surface area contributed by atoms with Crippen LogP contribution in [0.5, 0.6) is 0 Å². The zero-order valence-electron chi connectivity index (χ0n) is 25.1. The van der Waals surface area contributed by atoms with E-state index in [2.05, 4.69) is 158 Å². The lowest BCUT2D eigenvalue weighted by atomic mass is 9.92. The van der Waals surface area contributed by atoms with E-state index < -0.39 is 0 Å². The highest BCUT2D eigenvalue weighted by molar-refractivity contribution is 6.05. The van der Waals surface area contributed by atoms with Crippen LogP contribution >= 0.6 is 0 Å². The Morgan fingerprint density at radius 1 is 0.348 bits per heavy atom. The molecule has 2 heteroatoms. The van der Waals surface area contributed by atoms with Gasteiger partial charge in [-0.25, -0.2) is 4.98 Å². The summed E-state index contributed by atoms with van der Waals surface area (Å²) in [5.41, 5.74) is 11.1. The molecule has 0 saturated heterocycles. The van der Waals surface area contributed by atoms with Gasteiger partial charge in [0, 0.05) is 28.1 Å². The van der Waals surface area contributed by atoms with E-state index in [9.17, 15) is 0 Å². The monoisotopic (exact) mass is 584 g/mol. The van der Waals surface area contributed by atoms with Crippen molar-refractivity contribution in [3.63, 3.8) is 0 Å². The largest absolute Gasteiger partial charge is 0.256 e. The van der Waals surface area contributed by atoms with Crippen LogP contribution in [0, 0.1) is 0 Å². The van der Waals surface area contributed by atoms with Gasteiger partial charge in [0.05, 0.1) is 16.7 Å². The number of fused-ring (bicyclic) bond motifs is 4. The summed E-state index contributed by atoms with van der Waals surface area (Å²) in [6.45, 7) is 0. The normalized spacial score (nSPS) is 11.5. The number of rotatable bonds is 4. The van der Waals surface area contributed by atoms with Gasteiger partial charge in [-0.2, -0.15) is 0 Å². The second-order valence-electron chi connectivity index (χ2n) is 11.8. The number of benzene rings is 7. The molecule has 0 aliphatic carbocycles. The van der Waals surface area contributed by atoms with Crippen LogP contribution in [-0.2, 0) is 0 Å². The molecule has 0 fully saturated rings. The zero-order valence-corrected chi connectivity index (χ0v) is 25.1. The minimum Gasteiger partial charge on any atom is -0.256 e. The van der Waals surface area contributed by atoms with Crippen LogP contribution in [0.25, 0.3) is 88.0 Å². The molecule has 0 amide bonds. The summed E-state index contributed by atoms with van der Waals surface area (Å²) in [5, 5.41) is 7.18. The highest BCUT2D eigenvalue weighted by atomic mass is 14.7. The molecule has 0 unspecified atom stereocenters. The summed E-state index contributed by atoms with van der Waals surface area (Å²) in [4.78, 5) is 9.97. The van der Waals surface area contributed by atoms with E-state index in [1.165, 1.54) is 32.7 Å². The van der Waals surface area contributed by atoms with Crippen LogP contribution in [-0.4, -0.2) is 9.97 Å². The molecule has 46 heavy (non-hydrogen) atoms. The van der Waals surface area contributed by atoms with Gasteiger partial charge in [-0.1, -0.05) is 140 Å². The zero-order chi connectivity index (χ0) is 30.5. The summed E-state index contributed by atoms with van der Waals surface area (Å²) in [6, 6.07) is 58.5. The molecule has 9 rings (SSSR count). The first-order valence-corrected chi connectivity index (χ1v) is 15.7. The van der Waals surface area contributed by atoms with Crippen molar-refractivity contribution in [2.45, 2.75) is 0 Å². The molecule has 214 valence electrons. The molecular formula is C44H28N2. The van der Waals surface area contributed by atoms with Crippen LogP contribution in [0.3, 0.4) is 0 Å². The lowest BCUT2D eigenvalue weighted by molar-refractivity contribution is 1.40. The van der Waals surface area contributed by atoms with Crippen LogP contribution in [0.2, 0.25) is 0 Å². The number of pyridine rings is 2. The highest BCUT2D eigenvalue weighted by Crippen LogP contribution is 2.39. The Bertz CT molecular complexity index is 2570. The first kappa shape index (κ1) is 26.3. The second-order valence-corrected chi connectivity index (χ2v) is 11.8. The van der Waals surface area contributed by atoms with Crippen LogP contribution < -0.4 is 0 Å². The average Bonchev–Trinajstić information content (AvgIpc) is 3.13. The van der Waals surface area contributed by atoms with E-state index in [1.54, 1.807) is 0 Å². The lowest BCUT2D eigenvalue weighted by Crippen LogP contribution is -1.92. The molecule has 0 saturated carbocycles. The van der Waals surface area contributed by atoms with E-state index in [1.807, 2.05) is 12.3 Å². The van der Waals surface area contributed by atoms with Crippen molar-refractivity contribution in [2.75, 3.05) is 0 Å². The maximum Gasteiger partial charge on any atom is 0.0780 e. The van der Waals surface area contributed by atoms with E-state index in [0.29, 0.717) is 0 Å². The summed E-state index contributed by atoms with van der Waals surface area (Å²) in [7, 11) is 0. The van der Waals surface area contributed by atoms with E-state index >= 15 is 0 Å². The number of aromatic nitrogens is 2. The topological polar surface area (TPSA) is 25.8 Å². The fraction of sp³-hybridized carbons (Fsp3) is 0. The van der Waals surface area contributed by atoms with Gasteiger partial charge in [0.15, 0.2) is 0 Å². The predicted molar refractivity (Wildman–Crippen MR) is 194 cm³/mol. The first-order chi connectivity index (χ1) is 22.8. The highest BCUT2D eigenvalue weighted by Gasteiger charge is 2.14. The van der Waals surface area contributed by atoms with Gasteiger partial charge >= 0.3 is 0 Å². The molecule has 2 aromatic heterocycles. The number of hydrogen-bond donors (Lipinski definition) is 0. The summed E-state index contributed by atoms with van der Waals surface area (Å²) in [5.74, 6) is 0. The predicted octanol–water partition coefficient (Wildman–Crippen LogP) is 11.8. The second kappa shape index (κ2) is 10.8. The fourth-order valence-electron chi connectivity index (χ4n) is 6.86. The maximum atomic E-state index is 5.27. The minimum absolute atomic E-state index is 0.972. The first-order valence-electron chi connectivity index (χ1n) is 15.7. The molecule has 0 atom stereocenters. The van der Waals surface area contributed by atoms with E-state index in [-0.39, 0.29) is 0 Å². The molecule has 0 N–H and O–H groups in total. The smallest absolute Gasteiger partial charge is 0.0780 e. The van der Waals surface area contributed by atoms with Gasteiger partial charge in [0.25, 0.3) is 0 Å². The Morgan fingerprint density at radius 2 is 0.913 bits per heavy atom. The Hall–Kier alpha value is -6.12. The Balaban J connectivity index is 1.26. The molecule has 9 aromatic rings. The third-order valence-corrected chi connectivity index (χ3v) is 9.11. The summed E-state index contributed by atoms with van der Waals surface area (Å²) >= 11 is 0. The van der Waals surface area contributed by atoms with Crippen LogP contribution in [0.15, 0.2) is 170 Å². The molecule has 0 aliphatic rings. The quantitative estimate of drug-likeness (QED) is 0.206. The molecule has 0 spiro atoms. The summed E-state index contributed by atoms with van der Waals surface area (Å²) in [6.07, 6.45) is 1.87. The van der Waals surface area contributed by atoms with Crippen molar-refractivity contribution in [1.29, 1.82) is 0 Å². The lowest BCUT2D eigenvalue weighted by Gasteiger charge is -2.15. The molecule has 7 aromatic carbocycles. The van der Waals surface area contributed by atoms with Crippen molar-refractivity contribution in [3.05, 3.63) is 170 Å². The molecule has 0 bridgehead atoms. The van der Waals surface area contributed by atoms with Crippen molar-refractivity contribution >= 4 is 43.4 Å². The molecular weight excluding hydrogens is 556 g/mol. The van der Waals surface area contributed by atoms with Crippen LogP contribution in [0.4, 0.5) is 0 Å². The van der Waals surface area contributed by atoms with Crippen LogP contribution in [0.1, 0.15) is 0 Å². The fourth-order valence-corrected chi connectivity index (χ4v) is 6.86. The van der Waals surface area contributed by atoms with E-state index in [4.69, 9.17) is 9.97 Å². The Kier molecular flexibility index (Phi) is 6.17. The number of para-hydroxylation sites is 1. The van der Waals surface area contributed by atoms with E-state index in [0.717, 1.165) is 55.3 Å². The molecule has 0 aliphatic heterocycles. The van der Waals surface area contributed by atoms with Gasteiger partial charge in [-0.3, -0.25) is 4.98 Å². The average molecular weight is 585 g/mol. The van der Waals surface area contributed by atoms with Gasteiger partial charge in [-0.15, -0.1) is 0 Å². The van der Waals surface area contributed by atoms with Gasteiger partial charge < -0.3 is 0 Å². The Morgan fingerprint density at radius 3 is 1.67 bits per heavy atom. The third-order valence-electron chi connectivity index (χ3n) is 9.11. The van der Waals surface area contributed by atoms with Gasteiger partial charge in [0.2, 0.25) is 0 Å². The van der Waals surface area contributed by atoms with Crippen molar-refractivity contribution < 1.29 is 0 Å². The van der Waals surface area contributed by atoms with Crippen molar-refractivity contribution in [1.82, 2.24) is 9.97 Å². The molecule has 2 heterocycles. The van der Waals surface area contributed by atoms with Crippen molar-refractivity contribution in [2.24, 2.45) is 0 Å². The molecule has 0 radical (unpaired) electrons.